The number of ether oxygens (including phenoxy) is 1. The fraction of sp³-hybridized carbons (Fsp3) is 0.552. The summed E-state index contributed by atoms with van der Waals surface area (Å²) in [7, 11) is 0. The van der Waals surface area contributed by atoms with E-state index in [-0.39, 0.29) is 24.0 Å². The first-order chi connectivity index (χ1) is 17.3. The smallest absolute Gasteiger partial charge is 0.407 e. The largest absolute Gasteiger partial charge is 0.444 e. The summed E-state index contributed by atoms with van der Waals surface area (Å²) in [6.45, 7) is 6.16. The Hall–Kier alpha value is -3.09. The maximum Gasteiger partial charge on any atom is 0.407 e. The summed E-state index contributed by atoms with van der Waals surface area (Å²) < 4.78 is 5.33. The first-order valence-corrected chi connectivity index (χ1v) is 13.3. The van der Waals surface area contributed by atoms with Crippen molar-refractivity contribution in [1.82, 2.24) is 20.6 Å². The van der Waals surface area contributed by atoms with Crippen molar-refractivity contribution in [3.05, 3.63) is 54.0 Å². The van der Waals surface area contributed by atoms with Crippen molar-refractivity contribution >= 4 is 12.0 Å². The van der Waals surface area contributed by atoms with Gasteiger partial charge in [0.05, 0.1) is 17.9 Å². The summed E-state index contributed by atoms with van der Waals surface area (Å²) in [5.41, 5.74) is 3.01. The number of hydrogen-bond acceptors (Lipinski definition) is 4. The molecule has 1 fully saturated rings. The van der Waals surface area contributed by atoms with Crippen LogP contribution in [0.25, 0.3) is 11.3 Å². The van der Waals surface area contributed by atoms with Gasteiger partial charge in [-0.1, -0.05) is 36.4 Å². The number of aromatic amines is 1. The highest BCUT2D eigenvalue weighted by Gasteiger charge is 2.29. The van der Waals surface area contributed by atoms with Crippen LogP contribution in [0.15, 0.2) is 42.6 Å². The van der Waals surface area contributed by atoms with Crippen molar-refractivity contribution in [2.24, 2.45) is 11.8 Å². The van der Waals surface area contributed by atoms with Crippen LogP contribution in [0.4, 0.5) is 4.79 Å². The minimum absolute atomic E-state index is 0.0108. The first-order valence-electron chi connectivity index (χ1n) is 13.3. The van der Waals surface area contributed by atoms with Crippen LogP contribution in [-0.4, -0.2) is 34.1 Å². The second-order valence-corrected chi connectivity index (χ2v) is 11.1. The van der Waals surface area contributed by atoms with Gasteiger partial charge in [-0.2, -0.15) is 0 Å². The molecular formula is C29H40N4O3. The van der Waals surface area contributed by atoms with Crippen molar-refractivity contribution < 1.29 is 14.3 Å². The molecule has 1 aromatic carbocycles. The van der Waals surface area contributed by atoms with E-state index in [2.05, 4.69) is 57.0 Å². The van der Waals surface area contributed by atoms with Crippen molar-refractivity contribution in [3.63, 3.8) is 0 Å². The summed E-state index contributed by atoms with van der Waals surface area (Å²) in [6, 6.07) is 8.29. The lowest BCUT2D eigenvalue weighted by molar-refractivity contribution is -0.127. The van der Waals surface area contributed by atoms with E-state index in [0.717, 1.165) is 62.9 Å². The van der Waals surface area contributed by atoms with Crippen LogP contribution in [0.2, 0.25) is 0 Å². The van der Waals surface area contributed by atoms with Gasteiger partial charge in [0.1, 0.15) is 11.4 Å². The quantitative estimate of drug-likeness (QED) is 0.467. The zero-order valence-corrected chi connectivity index (χ0v) is 21.8. The second-order valence-electron chi connectivity index (χ2n) is 11.1. The van der Waals surface area contributed by atoms with Gasteiger partial charge in [-0.15, -0.1) is 0 Å². The minimum Gasteiger partial charge on any atom is -0.444 e. The van der Waals surface area contributed by atoms with Gasteiger partial charge in [0, 0.05) is 18.0 Å². The van der Waals surface area contributed by atoms with E-state index in [1.54, 1.807) is 0 Å². The summed E-state index contributed by atoms with van der Waals surface area (Å²) in [5, 5.41) is 6.15. The summed E-state index contributed by atoms with van der Waals surface area (Å²) in [6.07, 6.45) is 13.2. The minimum atomic E-state index is -0.499. The van der Waals surface area contributed by atoms with Crippen LogP contribution in [0, 0.1) is 11.8 Å². The average molecular weight is 493 g/mol. The Morgan fingerprint density at radius 1 is 1.11 bits per heavy atom. The normalized spacial score (nSPS) is 22.5. The van der Waals surface area contributed by atoms with E-state index in [1.807, 2.05) is 27.0 Å². The van der Waals surface area contributed by atoms with Gasteiger partial charge in [-0.05, 0) is 83.6 Å². The van der Waals surface area contributed by atoms with Gasteiger partial charge in [-0.25, -0.2) is 9.78 Å². The van der Waals surface area contributed by atoms with Crippen LogP contribution >= 0.6 is 0 Å². The lowest BCUT2D eigenvalue weighted by Crippen LogP contribution is -2.39. The number of aromatic nitrogens is 2. The fourth-order valence-electron chi connectivity index (χ4n) is 5.11. The number of nitrogens with one attached hydrogen (secondary N) is 3. The highest BCUT2D eigenvalue weighted by Crippen LogP contribution is 2.30. The zero-order valence-electron chi connectivity index (χ0n) is 21.8. The molecule has 0 spiro atoms. The third-order valence-corrected chi connectivity index (χ3v) is 7.06. The number of fused-ring (bicyclic) bond motifs is 4. The lowest BCUT2D eigenvalue weighted by atomic mass is 9.81. The Balaban J connectivity index is 1.34. The third-order valence-electron chi connectivity index (χ3n) is 7.06. The standard InChI is InChI=1S/C29H40N4O3/c1-29(2,3)36-28(35)31-18-20-14-16-22(17-15-20)27(34)33-24-13-7-5-4-6-10-21-11-8-9-12-23(21)25-19-30-26(24)32-25/h5,7-9,11-12,19-20,22,24H,4,6,10,13-18H2,1-3H3,(H,30,32)(H,31,35)(H,33,34)/t20?,22?,24-/m0/s1. The summed E-state index contributed by atoms with van der Waals surface area (Å²) in [4.78, 5) is 33.3. The molecule has 36 heavy (non-hydrogen) atoms. The molecule has 194 valence electrons. The topological polar surface area (TPSA) is 96.1 Å². The molecule has 2 aliphatic rings. The second kappa shape index (κ2) is 11.8. The Bertz CT molecular complexity index is 1060. The van der Waals surface area contributed by atoms with E-state index in [0.29, 0.717) is 12.5 Å². The molecule has 7 nitrogen and oxygen atoms in total. The number of alkyl carbamates (subject to hydrolysis) is 1. The van der Waals surface area contributed by atoms with Crippen LogP contribution < -0.4 is 10.6 Å². The molecule has 2 heterocycles. The number of imidazole rings is 1. The van der Waals surface area contributed by atoms with Crippen LogP contribution in [0.5, 0.6) is 0 Å². The van der Waals surface area contributed by atoms with E-state index in [1.165, 1.54) is 11.1 Å². The molecule has 7 heteroatoms. The predicted octanol–water partition coefficient (Wildman–Crippen LogP) is 5.85. The van der Waals surface area contributed by atoms with Gasteiger partial charge in [0.15, 0.2) is 0 Å². The Morgan fingerprint density at radius 3 is 2.67 bits per heavy atom. The van der Waals surface area contributed by atoms with Gasteiger partial charge in [0.25, 0.3) is 0 Å². The van der Waals surface area contributed by atoms with E-state index in [4.69, 9.17) is 4.74 Å². The van der Waals surface area contributed by atoms with Crippen molar-refractivity contribution in [2.75, 3.05) is 6.54 Å². The number of carbonyl (C=O) groups is 2. The monoisotopic (exact) mass is 492 g/mol. The molecule has 1 aliphatic heterocycles. The molecule has 1 aromatic heterocycles. The fourth-order valence-corrected chi connectivity index (χ4v) is 5.11. The molecular weight excluding hydrogens is 452 g/mol. The highest BCUT2D eigenvalue weighted by molar-refractivity contribution is 5.79. The number of aryl methyl sites for hydroxylation is 1. The van der Waals surface area contributed by atoms with Crippen molar-refractivity contribution in [2.45, 2.75) is 83.8 Å². The van der Waals surface area contributed by atoms with Crippen LogP contribution in [0.3, 0.4) is 0 Å². The zero-order chi connectivity index (χ0) is 25.5. The van der Waals surface area contributed by atoms with E-state index < -0.39 is 5.60 Å². The summed E-state index contributed by atoms with van der Waals surface area (Å²) in [5.74, 6) is 1.26. The predicted molar refractivity (Wildman–Crippen MR) is 141 cm³/mol. The maximum atomic E-state index is 13.2. The maximum absolute atomic E-state index is 13.2. The van der Waals surface area contributed by atoms with Crippen molar-refractivity contribution in [1.29, 1.82) is 0 Å². The number of carbonyl (C=O) groups excluding carboxylic acids is 2. The van der Waals surface area contributed by atoms with E-state index in [9.17, 15) is 9.59 Å². The average Bonchev–Trinajstić information content (AvgIpc) is 3.33. The van der Waals surface area contributed by atoms with Crippen LogP contribution in [-0.2, 0) is 16.0 Å². The number of allylic oxidation sites excluding steroid dienone is 1. The molecule has 0 saturated heterocycles. The molecule has 0 radical (unpaired) electrons. The number of amides is 2. The van der Waals surface area contributed by atoms with Gasteiger partial charge >= 0.3 is 6.09 Å². The number of rotatable bonds is 4. The Kier molecular flexibility index (Phi) is 8.49. The lowest BCUT2D eigenvalue weighted by Gasteiger charge is -2.29. The number of benzene rings is 1. The Labute approximate surface area is 214 Å². The molecule has 2 amide bonds. The number of hydrogen-bond donors (Lipinski definition) is 3. The van der Waals surface area contributed by atoms with E-state index >= 15 is 0 Å². The van der Waals surface area contributed by atoms with Crippen molar-refractivity contribution in [3.8, 4) is 11.3 Å². The number of H-pyrrole nitrogens is 1. The number of nitrogens with zero attached hydrogens (tertiary/aromatic N) is 1. The molecule has 1 aliphatic carbocycles. The Morgan fingerprint density at radius 2 is 1.89 bits per heavy atom. The highest BCUT2D eigenvalue weighted by atomic mass is 16.6. The van der Waals surface area contributed by atoms with Gasteiger partial charge in [0.2, 0.25) is 5.91 Å². The molecule has 0 unspecified atom stereocenters. The molecule has 2 bridgehead atoms. The molecule has 1 atom stereocenters. The molecule has 2 aromatic rings. The van der Waals surface area contributed by atoms with Gasteiger partial charge < -0.3 is 20.4 Å². The van der Waals surface area contributed by atoms with Gasteiger partial charge in [-0.3, -0.25) is 4.79 Å². The summed E-state index contributed by atoms with van der Waals surface area (Å²) >= 11 is 0. The SMILES string of the molecule is CC(C)(C)OC(=O)NCC1CCC(C(=O)N[C@H]2CC=CCCCc3ccccc3-c3cnc2[nH]3)CC1. The molecule has 1 saturated carbocycles. The first kappa shape index (κ1) is 26.0. The molecule has 3 N–H and O–H groups in total. The van der Waals surface area contributed by atoms with Crippen LogP contribution in [0.1, 0.15) is 83.1 Å². The molecule has 4 rings (SSSR count). The third kappa shape index (κ3) is 7.21.